The number of carbonyl (C=O) groups excluding carboxylic acids is 1. The van der Waals surface area contributed by atoms with E-state index in [4.69, 9.17) is 0 Å². The quantitative estimate of drug-likeness (QED) is 0.812. The molecule has 0 saturated heterocycles. The van der Waals surface area contributed by atoms with Crippen molar-refractivity contribution in [2.24, 2.45) is 4.40 Å². The molecule has 18 heavy (non-hydrogen) atoms. The van der Waals surface area contributed by atoms with E-state index < -0.39 is 16.2 Å². The van der Waals surface area contributed by atoms with E-state index in [2.05, 4.69) is 25.1 Å². The van der Waals surface area contributed by atoms with E-state index in [1.807, 2.05) is 4.72 Å². The van der Waals surface area contributed by atoms with E-state index in [0.29, 0.717) is 4.88 Å². The van der Waals surface area contributed by atoms with Crippen LogP contribution in [0.1, 0.15) is 4.88 Å². The highest BCUT2D eigenvalue weighted by atomic mass is 79.9. The van der Waals surface area contributed by atoms with Crippen molar-refractivity contribution >= 4 is 49.2 Å². The first-order valence-electron chi connectivity index (χ1n) is 4.58. The molecular formula is C9H7BrN2O4S2. The van der Waals surface area contributed by atoms with Gasteiger partial charge in [-0.3, -0.25) is 4.72 Å². The maximum Gasteiger partial charge on any atom is 0.355 e. The second-order valence-electron chi connectivity index (χ2n) is 3.23. The maximum absolute atomic E-state index is 11.5. The largest absolute Gasteiger partial charge is 0.464 e. The molecule has 0 unspecified atom stereocenters. The average molecular weight is 351 g/mol. The molecule has 0 radical (unpaired) electrons. The van der Waals surface area contributed by atoms with Crippen LogP contribution in [0.4, 0.5) is 0 Å². The monoisotopic (exact) mass is 350 g/mol. The fourth-order valence-corrected chi connectivity index (χ4v) is 3.58. The van der Waals surface area contributed by atoms with Gasteiger partial charge in [0.15, 0.2) is 0 Å². The van der Waals surface area contributed by atoms with Crippen molar-refractivity contribution in [2.45, 2.75) is 0 Å². The predicted octanol–water partition coefficient (Wildman–Crippen LogP) is 1.20. The van der Waals surface area contributed by atoms with E-state index in [1.54, 1.807) is 11.4 Å². The zero-order chi connectivity index (χ0) is 13.3. The Kier molecular flexibility index (Phi) is 3.55. The van der Waals surface area contributed by atoms with Gasteiger partial charge in [0.1, 0.15) is 5.70 Å². The standard InChI is InChI=1S/C9H7BrN2O4S2/c1-16-9(13)7-3-6(11-18(14,15)12-7)8-2-5(10)4-17-8/h2-4,12H,1H3. The molecule has 0 amide bonds. The second kappa shape index (κ2) is 4.82. The van der Waals surface area contributed by atoms with Crippen molar-refractivity contribution < 1.29 is 17.9 Å². The number of carbonyl (C=O) groups is 1. The number of rotatable bonds is 2. The molecule has 2 heterocycles. The Morgan fingerprint density at radius 3 is 2.83 bits per heavy atom. The van der Waals surface area contributed by atoms with Crippen LogP contribution in [-0.4, -0.2) is 27.2 Å². The Hall–Kier alpha value is -1.19. The molecule has 1 aromatic heterocycles. The van der Waals surface area contributed by atoms with Crippen LogP contribution in [0.3, 0.4) is 0 Å². The minimum atomic E-state index is -3.91. The van der Waals surface area contributed by atoms with Crippen molar-refractivity contribution in [1.29, 1.82) is 0 Å². The van der Waals surface area contributed by atoms with Crippen LogP contribution < -0.4 is 4.72 Å². The minimum Gasteiger partial charge on any atom is -0.464 e. The lowest BCUT2D eigenvalue weighted by molar-refractivity contribution is -0.136. The van der Waals surface area contributed by atoms with Gasteiger partial charge in [0.25, 0.3) is 0 Å². The van der Waals surface area contributed by atoms with Crippen LogP contribution in [0.5, 0.6) is 0 Å². The van der Waals surface area contributed by atoms with Crippen LogP contribution in [0.2, 0.25) is 0 Å². The third kappa shape index (κ3) is 2.79. The number of thiophene rings is 1. The molecule has 1 aliphatic heterocycles. The Labute approximate surface area is 116 Å². The second-order valence-corrected chi connectivity index (χ2v) is 6.40. The molecule has 1 aliphatic rings. The van der Waals surface area contributed by atoms with Crippen LogP contribution in [0.15, 0.2) is 32.1 Å². The molecule has 0 aromatic carbocycles. The Morgan fingerprint density at radius 1 is 1.56 bits per heavy atom. The summed E-state index contributed by atoms with van der Waals surface area (Å²) >= 11 is 4.57. The molecule has 2 rings (SSSR count). The number of allylic oxidation sites excluding steroid dienone is 1. The third-order valence-corrected chi connectivity index (χ3v) is 4.59. The van der Waals surface area contributed by atoms with E-state index in [1.165, 1.54) is 24.5 Å². The number of nitrogens with zero attached hydrogens (tertiary/aromatic N) is 1. The lowest BCUT2D eigenvalue weighted by atomic mass is 10.2. The summed E-state index contributed by atoms with van der Waals surface area (Å²) in [6.45, 7) is 0. The van der Waals surface area contributed by atoms with Gasteiger partial charge in [0.2, 0.25) is 0 Å². The number of hydrogen-bond acceptors (Lipinski definition) is 5. The number of nitrogens with one attached hydrogen (secondary N) is 1. The normalized spacial score (nSPS) is 17.4. The summed E-state index contributed by atoms with van der Waals surface area (Å²) in [4.78, 5) is 12.0. The number of methoxy groups -OCH3 is 1. The van der Waals surface area contributed by atoms with Crippen LogP contribution in [0.25, 0.3) is 0 Å². The van der Waals surface area contributed by atoms with Gasteiger partial charge in [-0.1, -0.05) is 0 Å². The molecular weight excluding hydrogens is 344 g/mol. The topological polar surface area (TPSA) is 84.8 Å². The van der Waals surface area contributed by atoms with Crippen LogP contribution in [0, 0.1) is 0 Å². The van der Waals surface area contributed by atoms with Gasteiger partial charge in [0.05, 0.1) is 17.7 Å². The van der Waals surface area contributed by atoms with Crippen LogP contribution in [-0.2, 0) is 19.7 Å². The summed E-state index contributed by atoms with van der Waals surface area (Å²) in [6.07, 6.45) is 1.34. The molecule has 0 fully saturated rings. The maximum atomic E-state index is 11.5. The van der Waals surface area contributed by atoms with Crippen molar-refractivity contribution in [2.75, 3.05) is 7.11 Å². The van der Waals surface area contributed by atoms with Gasteiger partial charge >= 0.3 is 16.2 Å². The van der Waals surface area contributed by atoms with Crippen molar-refractivity contribution in [3.8, 4) is 0 Å². The number of ether oxygens (including phenoxy) is 1. The molecule has 1 aromatic rings. The van der Waals surface area contributed by atoms with Gasteiger partial charge in [-0.2, -0.15) is 8.42 Å². The first-order chi connectivity index (χ1) is 8.41. The van der Waals surface area contributed by atoms with E-state index >= 15 is 0 Å². The molecule has 1 N–H and O–H groups in total. The summed E-state index contributed by atoms with van der Waals surface area (Å²) < 4.78 is 33.9. The van der Waals surface area contributed by atoms with Gasteiger partial charge in [-0.15, -0.1) is 15.7 Å². The molecule has 9 heteroatoms. The van der Waals surface area contributed by atoms with Gasteiger partial charge in [-0.05, 0) is 28.1 Å². The molecule has 96 valence electrons. The number of halogens is 1. The van der Waals surface area contributed by atoms with Gasteiger partial charge in [0, 0.05) is 9.85 Å². The SMILES string of the molecule is COC(=O)C1=CC(c2cc(Br)cs2)=NS(=O)(=O)N1. The van der Waals surface area contributed by atoms with Gasteiger partial charge < -0.3 is 4.74 Å². The molecule has 0 spiro atoms. The highest BCUT2D eigenvalue weighted by molar-refractivity contribution is 9.10. The highest BCUT2D eigenvalue weighted by Gasteiger charge is 2.24. The molecule has 0 aliphatic carbocycles. The number of hydrogen-bond donors (Lipinski definition) is 1. The molecule has 0 bridgehead atoms. The average Bonchev–Trinajstić information content (AvgIpc) is 2.72. The zero-order valence-electron chi connectivity index (χ0n) is 9.01. The van der Waals surface area contributed by atoms with Gasteiger partial charge in [-0.25, -0.2) is 4.79 Å². The smallest absolute Gasteiger partial charge is 0.355 e. The lowest BCUT2D eigenvalue weighted by Gasteiger charge is -2.12. The predicted molar refractivity (Wildman–Crippen MR) is 70.7 cm³/mol. The Morgan fingerprint density at radius 2 is 2.28 bits per heavy atom. The molecule has 0 atom stereocenters. The summed E-state index contributed by atoms with van der Waals surface area (Å²) in [6, 6.07) is 1.72. The Balaban J connectivity index is 2.48. The first-order valence-corrected chi connectivity index (χ1v) is 7.70. The highest BCUT2D eigenvalue weighted by Crippen LogP contribution is 2.23. The lowest BCUT2D eigenvalue weighted by Crippen LogP contribution is -2.31. The fourth-order valence-electron chi connectivity index (χ4n) is 1.26. The van der Waals surface area contributed by atoms with Crippen molar-refractivity contribution in [3.05, 3.63) is 32.6 Å². The van der Waals surface area contributed by atoms with E-state index in [9.17, 15) is 13.2 Å². The molecule has 0 saturated carbocycles. The van der Waals surface area contributed by atoms with Crippen LogP contribution >= 0.6 is 27.3 Å². The van der Waals surface area contributed by atoms with E-state index in [0.717, 1.165) is 4.47 Å². The fraction of sp³-hybridized carbons (Fsp3) is 0.111. The summed E-state index contributed by atoms with van der Waals surface area (Å²) in [5, 5.41) is 1.79. The Bertz CT molecular complexity index is 660. The summed E-state index contributed by atoms with van der Waals surface area (Å²) in [5.74, 6) is -0.762. The molecule has 6 nitrogen and oxygen atoms in total. The summed E-state index contributed by atoms with van der Waals surface area (Å²) in [5.41, 5.74) is 0.0388. The summed E-state index contributed by atoms with van der Waals surface area (Å²) in [7, 11) is -2.74. The number of esters is 1. The third-order valence-electron chi connectivity index (χ3n) is 1.96. The van der Waals surface area contributed by atoms with Crippen molar-refractivity contribution in [3.63, 3.8) is 0 Å². The van der Waals surface area contributed by atoms with E-state index in [-0.39, 0.29) is 11.4 Å². The first kappa shape index (κ1) is 13.2. The van der Waals surface area contributed by atoms with Crippen molar-refractivity contribution in [1.82, 2.24) is 4.72 Å². The minimum absolute atomic E-state index is 0.160. The zero-order valence-corrected chi connectivity index (χ0v) is 12.2.